The lowest BCUT2D eigenvalue weighted by Crippen LogP contribution is -2.26. The maximum absolute atomic E-state index is 2.48. The molecular formula is C71H48N2. The number of fused-ring (bicyclic) bond motifs is 11. The van der Waals surface area contributed by atoms with Gasteiger partial charge in [-0.3, -0.25) is 0 Å². The van der Waals surface area contributed by atoms with E-state index in [0.717, 1.165) is 34.1 Å². The monoisotopic (exact) mass is 928 g/mol. The van der Waals surface area contributed by atoms with Crippen LogP contribution < -0.4 is 9.80 Å². The lowest BCUT2D eigenvalue weighted by atomic mass is 9.70. The van der Waals surface area contributed by atoms with Gasteiger partial charge in [-0.15, -0.1) is 0 Å². The van der Waals surface area contributed by atoms with Crippen LogP contribution in [0.4, 0.5) is 34.1 Å². The summed E-state index contributed by atoms with van der Waals surface area (Å²) in [6.07, 6.45) is 0. The normalized spacial score (nSPS) is 12.5. The van der Waals surface area contributed by atoms with Crippen molar-refractivity contribution in [3.05, 3.63) is 313 Å². The largest absolute Gasteiger partial charge is 0.310 e. The van der Waals surface area contributed by atoms with Gasteiger partial charge in [0.2, 0.25) is 0 Å². The van der Waals surface area contributed by atoms with Gasteiger partial charge < -0.3 is 9.80 Å². The van der Waals surface area contributed by atoms with Gasteiger partial charge in [-0.05, 0) is 156 Å². The summed E-state index contributed by atoms with van der Waals surface area (Å²) >= 11 is 0. The van der Waals surface area contributed by atoms with E-state index in [1.807, 2.05) is 0 Å². The Morgan fingerprint density at radius 2 is 0.548 bits per heavy atom. The molecule has 0 saturated heterocycles. The van der Waals surface area contributed by atoms with Crippen molar-refractivity contribution in [2.75, 3.05) is 9.80 Å². The van der Waals surface area contributed by atoms with Gasteiger partial charge in [0.05, 0.1) is 11.1 Å². The molecule has 0 bridgehead atoms. The van der Waals surface area contributed by atoms with Crippen LogP contribution in [0.5, 0.6) is 0 Å². The SMILES string of the molecule is c1ccc(-c2ccc(N(c3ccc(N(c4ccc(-c5ccccc5)cc4)c4cc5ccccc5cc4-c4ccccc4)cc3)c3ccc4c(c3)C3(c5ccccc5-c5ccccc53)c3ccccc3-4)cc2)cc1. The number of anilines is 6. The molecule has 12 aromatic rings. The predicted molar refractivity (Wildman–Crippen MR) is 306 cm³/mol. The van der Waals surface area contributed by atoms with E-state index in [1.54, 1.807) is 0 Å². The first-order valence-corrected chi connectivity index (χ1v) is 25.2. The Bertz CT molecular complexity index is 3930. The quantitative estimate of drug-likeness (QED) is 0.142. The third-order valence-electron chi connectivity index (χ3n) is 15.3. The van der Waals surface area contributed by atoms with E-state index >= 15 is 0 Å². The van der Waals surface area contributed by atoms with Crippen molar-refractivity contribution in [3.63, 3.8) is 0 Å². The number of hydrogen-bond donors (Lipinski definition) is 0. The molecule has 0 fully saturated rings. The topological polar surface area (TPSA) is 6.48 Å². The molecule has 2 aliphatic rings. The van der Waals surface area contributed by atoms with Crippen LogP contribution in [0.15, 0.2) is 291 Å². The minimum Gasteiger partial charge on any atom is -0.310 e. The minimum atomic E-state index is -0.464. The fourth-order valence-corrected chi connectivity index (χ4v) is 12.0. The average Bonchev–Trinajstić information content (AvgIpc) is 3.95. The van der Waals surface area contributed by atoms with Gasteiger partial charge in [0.15, 0.2) is 0 Å². The van der Waals surface area contributed by atoms with E-state index < -0.39 is 5.41 Å². The standard InChI is InChI=1S/C71H48N2/c1-4-18-49(19-5-1)51-32-36-56(37-33-51)72(60-44-45-64-63-28-14-17-31-68(63)71(69(64)48-60)66-29-15-12-26-61(66)62-27-13-16-30-67(62)71)57-40-42-59(43-41-57)73(58-38-34-52(35-39-58)50-20-6-2-7-21-50)70-47-55-25-11-10-24-54(55)46-65(70)53-22-8-3-9-23-53/h1-48H. The summed E-state index contributed by atoms with van der Waals surface area (Å²) in [4.78, 5) is 4.87. The van der Waals surface area contributed by atoms with E-state index in [9.17, 15) is 0 Å². The summed E-state index contributed by atoms with van der Waals surface area (Å²) in [6.45, 7) is 0. The highest BCUT2D eigenvalue weighted by molar-refractivity contribution is 6.00. The third kappa shape index (κ3) is 6.94. The first kappa shape index (κ1) is 42.4. The van der Waals surface area contributed by atoms with E-state index in [2.05, 4.69) is 301 Å². The molecule has 12 aromatic carbocycles. The Morgan fingerprint density at radius 3 is 1.03 bits per heavy atom. The number of benzene rings is 12. The lowest BCUT2D eigenvalue weighted by Gasteiger charge is -2.32. The summed E-state index contributed by atoms with van der Waals surface area (Å²) < 4.78 is 0. The molecule has 14 rings (SSSR count). The summed E-state index contributed by atoms with van der Waals surface area (Å²) in [5, 5.41) is 2.39. The number of rotatable bonds is 9. The second-order valence-corrected chi connectivity index (χ2v) is 19.2. The smallest absolute Gasteiger partial charge is 0.0726 e. The number of nitrogens with zero attached hydrogens (tertiary/aromatic N) is 2. The molecular weight excluding hydrogens is 881 g/mol. The summed E-state index contributed by atoms with van der Waals surface area (Å²) in [7, 11) is 0. The van der Waals surface area contributed by atoms with E-state index in [1.165, 1.54) is 88.7 Å². The molecule has 73 heavy (non-hydrogen) atoms. The molecule has 0 heterocycles. The molecule has 0 N–H and O–H groups in total. The fourth-order valence-electron chi connectivity index (χ4n) is 12.0. The Balaban J connectivity index is 0.953. The molecule has 1 spiro atoms. The number of hydrogen-bond acceptors (Lipinski definition) is 2. The van der Waals surface area contributed by atoms with Gasteiger partial charge in [0.25, 0.3) is 0 Å². The van der Waals surface area contributed by atoms with Crippen LogP contribution in [0.3, 0.4) is 0 Å². The average molecular weight is 929 g/mol. The highest BCUT2D eigenvalue weighted by atomic mass is 15.2. The second kappa shape index (κ2) is 17.4. The zero-order valence-electron chi connectivity index (χ0n) is 40.1. The van der Waals surface area contributed by atoms with Crippen molar-refractivity contribution in [1.29, 1.82) is 0 Å². The van der Waals surface area contributed by atoms with Gasteiger partial charge in [0, 0.05) is 34.0 Å². The van der Waals surface area contributed by atoms with Crippen LogP contribution >= 0.6 is 0 Å². The van der Waals surface area contributed by atoms with Gasteiger partial charge >= 0.3 is 0 Å². The summed E-state index contributed by atoms with van der Waals surface area (Å²) in [5.74, 6) is 0. The van der Waals surface area contributed by atoms with Crippen molar-refractivity contribution in [2.24, 2.45) is 0 Å². The maximum Gasteiger partial charge on any atom is 0.0726 e. The maximum atomic E-state index is 2.48. The fraction of sp³-hybridized carbons (Fsp3) is 0.0141. The molecule has 0 amide bonds. The van der Waals surface area contributed by atoms with Crippen molar-refractivity contribution in [3.8, 4) is 55.6 Å². The summed E-state index contributed by atoms with van der Waals surface area (Å²) in [5.41, 5.74) is 23.6. The van der Waals surface area contributed by atoms with Gasteiger partial charge in [-0.25, -0.2) is 0 Å². The highest BCUT2D eigenvalue weighted by Gasteiger charge is 2.51. The van der Waals surface area contributed by atoms with Crippen LogP contribution in [0.1, 0.15) is 22.3 Å². The zero-order valence-corrected chi connectivity index (χ0v) is 40.1. The Kier molecular flexibility index (Phi) is 10.1. The van der Waals surface area contributed by atoms with Crippen LogP contribution in [-0.4, -0.2) is 0 Å². The molecule has 0 saturated carbocycles. The molecule has 0 radical (unpaired) electrons. The molecule has 342 valence electrons. The van der Waals surface area contributed by atoms with Crippen LogP contribution in [0.2, 0.25) is 0 Å². The van der Waals surface area contributed by atoms with Crippen LogP contribution in [-0.2, 0) is 5.41 Å². The Morgan fingerprint density at radius 1 is 0.205 bits per heavy atom. The van der Waals surface area contributed by atoms with Crippen molar-refractivity contribution < 1.29 is 0 Å². The predicted octanol–water partition coefficient (Wildman–Crippen LogP) is 19.1. The molecule has 2 heteroatoms. The zero-order chi connectivity index (χ0) is 48.3. The molecule has 0 aromatic heterocycles. The Hall–Kier alpha value is -9.50. The lowest BCUT2D eigenvalue weighted by molar-refractivity contribution is 0.793. The molecule has 0 atom stereocenters. The van der Waals surface area contributed by atoms with Gasteiger partial charge in [-0.1, -0.05) is 218 Å². The van der Waals surface area contributed by atoms with Crippen molar-refractivity contribution in [1.82, 2.24) is 0 Å². The van der Waals surface area contributed by atoms with E-state index in [-0.39, 0.29) is 0 Å². The molecule has 0 unspecified atom stereocenters. The van der Waals surface area contributed by atoms with Gasteiger partial charge in [-0.2, -0.15) is 0 Å². The van der Waals surface area contributed by atoms with Crippen LogP contribution in [0.25, 0.3) is 66.4 Å². The Labute approximate surface area is 427 Å². The van der Waals surface area contributed by atoms with Gasteiger partial charge in [0.1, 0.15) is 0 Å². The van der Waals surface area contributed by atoms with E-state index in [4.69, 9.17) is 0 Å². The first-order chi connectivity index (χ1) is 36.2. The first-order valence-electron chi connectivity index (χ1n) is 25.2. The van der Waals surface area contributed by atoms with Crippen molar-refractivity contribution in [2.45, 2.75) is 5.41 Å². The molecule has 0 aliphatic heterocycles. The summed E-state index contributed by atoms with van der Waals surface area (Å²) in [6, 6.07) is 107. The minimum absolute atomic E-state index is 0.464. The van der Waals surface area contributed by atoms with Crippen LogP contribution in [0, 0.1) is 0 Å². The third-order valence-corrected chi connectivity index (χ3v) is 15.3. The highest BCUT2D eigenvalue weighted by Crippen LogP contribution is 2.63. The molecule has 2 aliphatic carbocycles. The van der Waals surface area contributed by atoms with Crippen molar-refractivity contribution >= 4 is 44.9 Å². The van der Waals surface area contributed by atoms with E-state index in [0.29, 0.717) is 0 Å². The molecule has 2 nitrogen and oxygen atoms in total. The second-order valence-electron chi connectivity index (χ2n) is 19.2.